The van der Waals surface area contributed by atoms with E-state index in [-0.39, 0.29) is 13.2 Å². The van der Waals surface area contributed by atoms with Crippen molar-refractivity contribution >= 4 is 12.1 Å². The van der Waals surface area contributed by atoms with Crippen molar-refractivity contribution in [3.63, 3.8) is 0 Å². The molecule has 0 aromatic rings. The lowest BCUT2D eigenvalue weighted by atomic mass is 10.3. The van der Waals surface area contributed by atoms with E-state index in [1.54, 1.807) is 0 Å². The van der Waals surface area contributed by atoms with Crippen molar-refractivity contribution in [2.45, 2.75) is 59.0 Å². The maximum atomic E-state index is 11.6. The van der Waals surface area contributed by atoms with Crippen LogP contribution in [0, 0.1) is 0 Å². The van der Waals surface area contributed by atoms with E-state index >= 15 is 0 Å². The predicted molar refractivity (Wildman–Crippen MR) is 88.9 cm³/mol. The first kappa shape index (κ1) is 22.7. The third kappa shape index (κ3) is 14.3. The smallest absolute Gasteiger partial charge is 0.461 e. The summed E-state index contributed by atoms with van der Waals surface area (Å²) in [7, 11) is 0. The summed E-state index contributed by atoms with van der Waals surface area (Å²) in [6.07, 6.45) is 3.09. The first-order chi connectivity index (χ1) is 11.6. The van der Waals surface area contributed by atoms with E-state index in [1.807, 2.05) is 0 Å². The molecule has 0 aromatic heterocycles. The van der Waals surface area contributed by atoms with Crippen LogP contribution in [0.3, 0.4) is 0 Å². The summed E-state index contributed by atoms with van der Waals surface area (Å²) in [4.78, 5) is 23.0. The molecule has 0 aliphatic rings. The van der Waals surface area contributed by atoms with Crippen LogP contribution in [-0.2, 0) is 28.5 Å². The van der Waals surface area contributed by atoms with Gasteiger partial charge in [0.15, 0.2) is 6.10 Å². The van der Waals surface area contributed by atoms with Gasteiger partial charge in [-0.2, -0.15) is 0 Å². The van der Waals surface area contributed by atoms with Gasteiger partial charge in [-0.15, -0.1) is 0 Å². The number of hydrogen-bond acceptors (Lipinski definition) is 7. The molecule has 0 aliphatic carbocycles. The van der Waals surface area contributed by atoms with Crippen LogP contribution in [0.15, 0.2) is 0 Å². The van der Waals surface area contributed by atoms with E-state index in [1.165, 1.54) is 6.92 Å². The van der Waals surface area contributed by atoms with Crippen molar-refractivity contribution in [1.29, 1.82) is 0 Å². The van der Waals surface area contributed by atoms with Crippen molar-refractivity contribution in [1.82, 2.24) is 0 Å². The Morgan fingerprint density at radius 3 is 2.04 bits per heavy atom. The van der Waals surface area contributed by atoms with Gasteiger partial charge in [-0.1, -0.05) is 33.1 Å². The van der Waals surface area contributed by atoms with Gasteiger partial charge in [0.2, 0.25) is 0 Å². The lowest BCUT2D eigenvalue weighted by Gasteiger charge is -2.13. The van der Waals surface area contributed by atoms with Crippen molar-refractivity contribution < 1.29 is 33.3 Å². The van der Waals surface area contributed by atoms with Crippen LogP contribution in [0.2, 0.25) is 0 Å². The molecule has 24 heavy (non-hydrogen) atoms. The van der Waals surface area contributed by atoms with Crippen LogP contribution >= 0.6 is 0 Å². The molecule has 0 saturated carbocycles. The van der Waals surface area contributed by atoms with Crippen LogP contribution in [0.1, 0.15) is 52.9 Å². The molecule has 142 valence electrons. The van der Waals surface area contributed by atoms with Crippen molar-refractivity contribution in [2.24, 2.45) is 0 Å². The fourth-order valence-corrected chi connectivity index (χ4v) is 1.62. The summed E-state index contributed by atoms with van der Waals surface area (Å²) < 4.78 is 25.2. The van der Waals surface area contributed by atoms with Crippen molar-refractivity contribution in [3.8, 4) is 0 Å². The third-order valence-corrected chi connectivity index (χ3v) is 3.06. The molecule has 0 N–H and O–H groups in total. The zero-order chi connectivity index (χ0) is 18.0. The molecule has 0 heterocycles. The maximum Gasteiger partial charge on any atom is 0.509 e. The van der Waals surface area contributed by atoms with Crippen LogP contribution in [0.4, 0.5) is 4.79 Å². The SMILES string of the molecule is CCCCCOC(=O)OC(C)C(=O)OCCOCCOCCCC. The fraction of sp³-hybridized carbons (Fsp3) is 0.882. The highest BCUT2D eigenvalue weighted by Gasteiger charge is 2.19. The summed E-state index contributed by atoms with van der Waals surface area (Å²) in [5, 5.41) is 0. The van der Waals surface area contributed by atoms with Crippen LogP contribution in [-0.4, -0.2) is 57.9 Å². The minimum atomic E-state index is -0.999. The minimum Gasteiger partial charge on any atom is -0.461 e. The Balaban J connectivity index is 3.53. The van der Waals surface area contributed by atoms with Crippen LogP contribution in [0.25, 0.3) is 0 Å². The van der Waals surface area contributed by atoms with Gasteiger partial charge in [-0.05, 0) is 19.8 Å². The first-order valence-corrected chi connectivity index (χ1v) is 8.77. The van der Waals surface area contributed by atoms with Gasteiger partial charge in [0.25, 0.3) is 0 Å². The van der Waals surface area contributed by atoms with Gasteiger partial charge in [0.05, 0.1) is 26.4 Å². The monoisotopic (exact) mass is 348 g/mol. The predicted octanol–water partition coefficient (Wildman–Crippen LogP) is 3.09. The molecule has 7 nitrogen and oxygen atoms in total. The summed E-state index contributed by atoms with van der Waals surface area (Å²) >= 11 is 0. The molecule has 0 bridgehead atoms. The third-order valence-electron chi connectivity index (χ3n) is 3.06. The average molecular weight is 348 g/mol. The molecular weight excluding hydrogens is 316 g/mol. The number of ether oxygens (including phenoxy) is 5. The van der Waals surface area contributed by atoms with E-state index in [9.17, 15) is 9.59 Å². The van der Waals surface area contributed by atoms with Crippen molar-refractivity contribution in [2.75, 3.05) is 39.6 Å². The Morgan fingerprint density at radius 2 is 1.38 bits per heavy atom. The Labute approximate surface area is 144 Å². The average Bonchev–Trinajstić information content (AvgIpc) is 2.57. The number of unbranched alkanes of at least 4 members (excludes halogenated alkanes) is 3. The van der Waals surface area contributed by atoms with Crippen LogP contribution < -0.4 is 0 Å². The largest absolute Gasteiger partial charge is 0.509 e. The molecule has 1 atom stereocenters. The van der Waals surface area contributed by atoms with E-state index in [0.717, 1.165) is 38.7 Å². The maximum absolute atomic E-state index is 11.6. The number of hydrogen-bond donors (Lipinski definition) is 0. The lowest BCUT2D eigenvalue weighted by Crippen LogP contribution is -2.28. The Morgan fingerprint density at radius 1 is 0.750 bits per heavy atom. The van der Waals surface area contributed by atoms with Gasteiger partial charge in [-0.25, -0.2) is 9.59 Å². The van der Waals surface area contributed by atoms with E-state index in [0.29, 0.717) is 19.8 Å². The number of rotatable bonds is 15. The van der Waals surface area contributed by atoms with Crippen molar-refractivity contribution in [3.05, 3.63) is 0 Å². The zero-order valence-corrected chi connectivity index (χ0v) is 15.2. The van der Waals surface area contributed by atoms with Gasteiger partial charge in [-0.3, -0.25) is 0 Å². The van der Waals surface area contributed by atoms with Gasteiger partial charge < -0.3 is 23.7 Å². The molecule has 0 rings (SSSR count). The molecule has 0 radical (unpaired) electrons. The molecule has 0 aliphatic heterocycles. The lowest BCUT2D eigenvalue weighted by molar-refractivity contribution is -0.155. The molecule has 7 heteroatoms. The highest BCUT2D eigenvalue weighted by Crippen LogP contribution is 2.00. The molecular formula is C17H32O7. The fourth-order valence-electron chi connectivity index (χ4n) is 1.62. The van der Waals surface area contributed by atoms with E-state index in [2.05, 4.69) is 13.8 Å². The summed E-state index contributed by atoms with van der Waals surface area (Å²) in [6, 6.07) is 0. The normalized spacial score (nSPS) is 11.8. The standard InChI is InChI=1S/C17H32O7/c1-4-6-8-10-23-17(19)24-15(3)16(18)22-14-13-21-12-11-20-9-7-5-2/h15H,4-14H2,1-3H3. The second-order valence-electron chi connectivity index (χ2n) is 5.31. The van der Waals surface area contributed by atoms with E-state index in [4.69, 9.17) is 23.7 Å². The topological polar surface area (TPSA) is 80.3 Å². The number of esters is 1. The first-order valence-electron chi connectivity index (χ1n) is 8.77. The molecule has 0 amide bonds. The highest BCUT2D eigenvalue weighted by molar-refractivity contribution is 5.76. The Hall–Kier alpha value is -1.34. The minimum absolute atomic E-state index is 0.104. The molecule has 0 saturated heterocycles. The summed E-state index contributed by atoms with van der Waals surface area (Å²) in [5.74, 6) is -0.622. The zero-order valence-electron chi connectivity index (χ0n) is 15.2. The number of carbonyl (C=O) groups is 2. The molecule has 1 unspecified atom stereocenters. The van der Waals surface area contributed by atoms with Gasteiger partial charge in [0, 0.05) is 6.61 Å². The molecule has 0 spiro atoms. The Kier molecular flexibility index (Phi) is 15.6. The van der Waals surface area contributed by atoms with E-state index < -0.39 is 18.2 Å². The van der Waals surface area contributed by atoms with Gasteiger partial charge in [0.1, 0.15) is 6.61 Å². The number of carbonyl (C=O) groups excluding carboxylic acids is 2. The summed E-state index contributed by atoms with van der Waals surface area (Å²) in [5.41, 5.74) is 0. The highest BCUT2D eigenvalue weighted by atomic mass is 16.7. The van der Waals surface area contributed by atoms with Gasteiger partial charge >= 0.3 is 12.1 Å². The quantitative estimate of drug-likeness (QED) is 0.332. The Bertz CT molecular complexity index is 320. The van der Waals surface area contributed by atoms with Crippen LogP contribution in [0.5, 0.6) is 0 Å². The second kappa shape index (κ2) is 16.5. The molecule has 0 fully saturated rings. The second-order valence-corrected chi connectivity index (χ2v) is 5.31. The molecule has 0 aromatic carbocycles. The summed E-state index contributed by atoms with van der Waals surface area (Å²) in [6.45, 7) is 7.99.